The van der Waals surface area contributed by atoms with Crippen molar-refractivity contribution in [2.24, 2.45) is 0 Å². The van der Waals surface area contributed by atoms with Crippen molar-refractivity contribution >= 4 is 15.9 Å². The fourth-order valence-electron chi connectivity index (χ4n) is 3.11. The Morgan fingerprint density at radius 1 is 1.41 bits per heavy atom. The summed E-state index contributed by atoms with van der Waals surface area (Å²) in [4.78, 5) is 0. The Morgan fingerprint density at radius 3 is 2.94 bits per heavy atom. The van der Waals surface area contributed by atoms with Crippen molar-refractivity contribution in [2.75, 3.05) is 0 Å². The maximum absolute atomic E-state index is 6.26. The molecule has 4 nitrogen and oxygen atoms in total. The Labute approximate surface area is 110 Å². The molecule has 0 aromatic carbocycles. The molecule has 2 fully saturated rings. The SMILES string of the molecule is BrCc1cn(CC2CCC3(CCCC3)O2)nn1. The number of ether oxygens (including phenoxy) is 1. The average molecular weight is 300 g/mol. The molecule has 0 bridgehead atoms. The van der Waals surface area contributed by atoms with E-state index in [0.717, 1.165) is 17.6 Å². The normalized spacial score (nSPS) is 27.0. The van der Waals surface area contributed by atoms with E-state index in [2.05, 4.69) is 26.2 Å². The Kier molecular flexibility index (Phi) is 3.21. The highest BCUT2D eigenvalue weighted by Crippen LogP contribution is 2.43. The van der Waals surface area contributed by atoms with Gasteiger partial charge < -0.3 is 4.74 Å². The molecule has 1 unspecified atom stereocenters. The van der Waals surface area contributed by atoms with Crippen molar-refractivity contribution in [2.45, 2.75) is 62.1 Å². The van der Waals surface area contributed by atoms with Gasteiger partial charge in [0, 0.05) is 11.5 Å². The summed E-state index contributed by atoms with van der Waals surface area (Å²) in [7, 11) is 0. The Bertz CT molecular complexity index is 387. The fraction of sp³-hybridized carbons (Fsp3) is 0.833. The van der Waals surface area contributed by atoms with E-state index >= 15 is 0 Å². The second-order valence-corrected chi connectivity index (χ2v) is 5.79. The van der Waals surface area contributed by atoms with Crippen molar-refractivity contribution in [3.63, 3.8) is 0 Å². The molecule has 1 spiro atoms. The van der Waals surface area contributed by atoms with Gasteiger partial charge in [0.2, 0.25) is 0 Å². The Balaban J connectivity index is 1.59. The van der Waals surface area contributed by atoms with Gasteiger partial charge in [-0.2, -0.15) is 0 Å². The minimum absolute atomic E-state index is 0.226. The zero-order chi connectivity index (χ0) is 11.7. The summed E-state index contributed by atoms with van der Waals surface area (Å²) in [6.07, 6.45) is 9.92. The van der Waals surface area contributed by atoms with Crippen LogP contribution in [-0.4, -0.2) is 26.7 Å². The number of aromatic nitrogens is 3. The molecule has 94 valence electrons. The summed E-state index contributed by atoms with van der Waals surface area (Å²) in [6.45, 7) is 0.849. The van der Waals surface area contributed by atoms with E-state index in [-0.39, 0.29) is 5.60 Å². The van der Waals surface area contributed by atoms with Gasteiger partial charge in [0.25, 0.3) is 0 Å². The predicted molar refractivity (Wildman–Crippen MR) is 68.0 cm³/mol. The maximum Gasteiger partial charge on any atom is 0.0932 e. The van der Waals surface area contributed by atoms with E-state index < -0.39 is 0 Å². The second kappa shape index (κ2) is 4.69. The van der Waals surface area contributed by atoms with Crippen molar-refractivity contribution in [3.05, 3.63) is 11.9 Å². The van der Waals surface area contributed by atoms with Gasteiger partial charge in [-0.25, -0.2) is 4.68 Å². The summed E-state index contributed by atoms with van der Waals surface area (Å²) < 4.78 is 8.17. The lowest BCUT2D eigenvalue weighted by Gasteiger charge is -2.23. The third kappa shape index (κ3) is 2.40. The third-order valence-corrected chi connectivity index (χ3v) is 4.54. The maximum atomic E-state index is 6.26. The molecule has 1 aliphatic heterocycles. The highest BCUT2D eigenvalue weighted by Gasteiger charge is 2.42. The number of hydrogen-bond acceptors (Lipinski definition) is 3. The first kappa shape index (κ1) is 11.7. The van der Waals surface area contributed by atoms with E-state index in [1.165, 1.54) is 38.5 Å². The van der Waals surface area contributed by atoms with Crippen LogP contribution in [0.15, 0.2) is 6.20 Å². The lowest BCUT2D eigenvalue weighted by molar-refractivity contribution is -0.0430. The predicted octanol–water partition coefficient (Wildman–Crippen LogP) is 2.66. The zero-order valence-corrected chi connectivity index (χ0v) is 11.5. The Hall–Kier alpha value is -0.420. The second-order valence-electron chi connectivity index (χ2n) is 5.23. The van der Waals surface area contributed by atoms with Gasteiger partial charge in [-0.05, 0) is 25.7 Å². The lowest BCUT2D eigenvalue weighted by Crippen LogP contribution is -2.26. The van der Waals surface area contributed by atoms with Crippen LogP contribution < -0.4 is 0 Å². The third-order valence-electron chi connectivity index (χ3n) is 3.97. The van der Waals surface area contributed by atoms with Crippen LogP contribution >= 0.6 is 15.9 Å². The van der Waals surface area contributed by atoms with Crippen LogP contribution in [0, 0.1) is 0 Å². The molecule has 1 aliphatic carbocycles. The molecule has 2 heterocycles. The molecule has 3 rings (SSSR count). The molecule has 0 radical (unpaired) electrons. The van der Waals surface area contributed by atoms with E-state index in [1.807, 2.05) is 10.9 Å². The smallest absolute Gasteiger partial charge is 0.0932 e. The van der Waals surface area contributed by atoms with E-state index in [1.54, 1.807) is 0 Å². The first-order valence-corrected chi connectivity index (χ1v) is 7.55. The van der Waals surface area contributed by atoms with E-state index in [9.17, 15) is 0 Å². The number of hydrogen-bond donors (Lipinski definition) is 0. The summed E-state index contributed by atoms with van der Waals surface area (Å²) >= 11 is 3.39. The number of alkyl halides is 1. The van der Waals surface area contributed by atoms with Gasteiger partial charge in [0.15, 0.2) is 0 Å². The number of rotatable bonds is 3. The lowest BCUT2D eigenvalue weighted by atomic mass is 9.98. The summed E-state index contributed by atoms with van der Waals surface area (Å²) in [5.74, 6) is 0. The van der Waals surface area contributed by atoms with Crippen LogP contribution in [0.4, 0.5) is 0 Å². The Morgan fingerprint density at radius 2 is 2.24 bits per heavy atom. The molecule has 1 saturated carbocycles. The monoisotopic (exact) mass is 299 g/mol. The van der Waals surface area contributed by atoms with Crippen molar-refractivity contribution in [3.8, 4) is 0 Å². The number of nitrogens with zero attached hydrogens (tertiary/aromatic N) is 3. The highest BCUT2D eigenvalue weighted by atomic mass is 79.9. The molecule has 0 amide bonds. The quantitative estimate of drug-likeness (QED) is 0.806. The fourth-order valence-corrected chi connectivity index (χ4v) is 3.37. The summed E-state index contributed by atoms with van der Waals surface area (Å²) in [6, 6.07) is 0. The van der Waals surface area contributed by atoms with Gasteiger partial charge in [-0.1, -0.05) is 34.0 Å². The summed E-state index contributed by atoms with van der Waals surface area (Å²) in [5.41, 5.74) is 1.21. The van der Waals surface area contributed by atoms with Crippen LogP contribution in [0.3, 0.4) is 0 Å². The van der Waals surface area contributed by atoms with E-state index in [4.69, 9.17) is 4.74 Å². The molecular weight excluding hydrogens is 282 g/mol. The molecule has 5 heteroatoms. The first-order valence-electron chi connectivity index (χ1n) is 6.42. The molecule has 17 heavy (non-hydrogen) atoms. The van der Waals surface area contributed by atoms with Gasteiger partial charge in [-0.3, -0.25) is 0 Å². The standard InChI is InChI=1S/C12H18BrN3O/c13-7-10-8-16(15-14-10)9-11-3-6-12(17-11)4-1-2-5-12/h8,11H,1-7,9H2. The van der Waals surface area contributed by atoms with Gasteiger partial charge in [0.1, 0.15) is 0 Å². The van der Waals surface area contributed by atoms with Crippen LogP contribution in [0.2, 0.25) is 0 Å². The average Bonchev–Trinajstić information content (AvgIpc) is 3.03. The molecule has 2 aliphatic rings. The molecule has 0 N–H and O–H groups in total. The number of halogens is 1. The molecule has 1 atom stereocenters. The van der Waals surface area contributed by atoms with Crippen LogP contribution in [0.25, 0.3) is 0 Å². The van der Waals surface area contributed by atoms with Crippen molar-refractivity contribution in [1.29, 1.82) is 0 Å². The van der Waals surface area contributed by atoms with Gasteiger partial charge in [0.05, 0.1) is 23.9 Å². The zero-order valence-electron chi connectivity index (χ0n) is 9.94. The van der Waals surface area contributed by atoms with Crippen LogP contribution in [0.5, 0.6) is 0 Å². The molecule has 1 saturated heterocycles. The van der Waals surface area contributed by atoms with Crippen molar-refractivity contribution < 1.29 is 4.74 Å². The topological polar surface area (TPSA) is 39.9 Å². The molecule has 1 aromatic rings. The molecular formula is C12H18BrN3O. The van der Waals surface area contributed by atoms with Gasteiger partial charge >= 0.3 is 0 Å². The van der Waals surface area contributed by atoms with Crippen molar-refractivity contribution in [1.82, 2.24) is 15.0 Å². The minimum Gasteiger partial charge on any atom is -0.370 e. The minimum atomic E-state index is 0.226. The van der Waals surface area contributed by atoms with E-state index in [0.29, 0.717) is 6.10 Å². The van der Waals surface area contributed by atoms with Crippen LogP contribution in [0.1, 0.15) is 44.2 Å². The largest absolute Gasteiger partial charge is 0.370 e. The molecule has 1 aromatic heterocycles. The van der Waals surface area contributed by atoms with Crippen LogP contribution in [-0.2, 0) is 16.6 Å². The highest BCUT2D eigenvalue weighted by molar-refractivity contribution is 9.08. The summed E-state index contributed by atoms with van der Waals surface area (Å²) in [5, 5.41) is 8.96. The van der Waals surface area contributed by atoms with Gasteiger partial charge in [-0.15, -0.1) is 5.10 Å². The first-order chi connectivity index (χ1) is 8.30.